The third-order valence-electron chi connectivity index (χ3n) is 4.49. The maximum absolute atomic E-state index is 12.0. The molecule has 0 spiro atoms. The Morgan fingerprint density at radius 2 is 1.79 bits per heavy atom. The summed E-state index contributed by atoms with van der Waals surface area (Å²) >= 11 is 0. The van der Waals surface area contributed by atoms with Gasteiger partial charge >= 0.3 is 0 Å². The summed E-state index contributed by atoms with van der Waals surface area (Å²) in [5, 5.41) is 32.2. The molecule has 0 unspecified atom stereocenters. The van der Waals surface area contributed by atoms with E-state index in [2.05, 4.69) is 0 Å². The minimum atomic E-state index is -1.44. The minimum absolute atomic E-state index is 0.0794. The van der Waals surface area contributed by atoms with Crippen molar-refractivity contribution < 1.29 is 15.1 Å². The van der Waals surface area contributed by atoms with E-state index in [0.717, 1.165) is 5.56 Å². The van der Waals surface area contributed by atoms with Crippen molar-refractivity contribution in [3.63, 3.8) is 0 Å². The van der Waals surface area contributed by atoms with Crippen molar-refractivity contribution in [2.45, 2.75) is 37.2 Å². The van der Waals surface area contributed by atoms with E-state index in [0.29, 0.717) is 11.3 Å². The zero-order chi connectivity index (χ0) is 17.3. The largest absolute Gasteiger partial charge is 0.762 e. The van der Waals surface area contributed by atoms with E-state index in [1.165, 1.54) is 0 Å². The summed E-state index contributed by atoms with van der Waals surface area (Å²) in [5.41, 5.74) is 7.88. The van der Waals surface area contributed by atoms with Crippen molar-refractivity contribution in [2.75, 3.05) is 5.73 Å². The highest BCUT2D eigenvalue weighted by molar-refractivity contribution is 5.49. The van der Waals surface area contributed by atoms with Gasteiger partial charge in [-0.1, -0.05) is 48.5 Å². The van der Waals surface area contributed by atoms with E-state index in [1.807, 2.05) is 30.3 Å². The molecule has 1 heterocycles. The van der Waals surface area contributed by atoms with Crippen LogP contribution in [0.5, 0.6) is 0 Å². The van der Waals surface area contributed by atoms with Crippen LogP contribution in [0.3, 0.4) is 0 Å². The van der Waals surface area contributed by atoms with E-state index in [9.17, 15) is 15.5 Å². The van der Waals surface area contributed by atoms with E-state index in [1.54, 1.807) is 31.2 Å². The predicted molar refractivity (Wildman–Crippen MR) is 89.9 cm³/mol. The fraction of sp³-hybridized carbons (Fsp3) is 0.333. The number of ether oxygens (including phenoxy) is 1. The number of nitrogens with two attached hydrogens (primary N) is 1. The lowest BCUT2D eigenvalue weighted by Gasteiger charge is -2.49. The monoisotopic (exact) mass is 329 g/mol. The fourth-order valence-electron chi connectivity index (χ4n) is 3.43. The van der Waals surface area contributed by atoms with Gasteiger partial charge in [-0.05, 0) is 18.6 Å². The molecule has 0 aliphatic carbocycles. The molecule has 3 rings (SSSR count). The van der Waals surface area contributed by atoms with Crippen LogP contribution >= 0.6 is 0 Å². The average Bonchev–Trinajstić information content (AvgIpc) is 2.54. The maximum Gasteiger partial charge on any atom is 0.164 e. The molecule has 0 aromatic heterocycles. The molecular weight excluding hydrogens is 308 g/mol. The van der Waals surface area contributed by atoms with Gasteiger partial charge in [0, 0.05) is 23.6 Å². The first-order valence-corrected chi connectivity index (χ1v) is 7.84. The highest BCUT2D eigenvalue weighted by atomic mass is 16.8. The number of hydrogen-bond donors (Lipinski definition) is 3. The second kappa shape index (κ2) is 6.51. The van der Waals surface area contributed by atoms with Crippen LogP contribution in [0.2, 0.25) is 0 Å². The minimum Gasteiger partial charge on any atom is -0.762 e. The van der Waals surface area contributed by atoms with Crippen LogP contribution < -0.4 is 5.73 Å². The van der Waals surface area contributed by atoms with Gasteiger partial charge < -0.3 is 26.0 Å². The zero-order valence-corrected chi connectivity index (χ0v) is 13.4. The first-order chi connectivity index (χ1) is 11.4. The molecule has 0 amide bonds. The molecule has 128 valence electrons. The first kappa shape index (κ1) is 16.9. The van der Waals surface area contributed by atoms with Gasteiger partial charge in [-0.3, -0.25) is 5.23 Å². The molecule has 6 heteroatoms. The Kier molecular flexibility index (Phi) is 4.58. The lowest BCUT2D eigenvalue weighted by molar-refractivity contribution is -0.284. The van der Waals surface area contributed by atoms with Gasteiger partial charge in [-0.2, -0.15) is 0 Å². The van der Waals surface area contributed by atoms with Gasteiger partial charge in [0.2, 0.25) is 0 Å². The van der Waals surface area contributed by atoms with Crippen LogP contribution in [0.15, 0.2) is 54.6 Å². The summed E-state index contributed by atoms with van der Waals surface area (Å²) in [6, 6.07) is 15.4. The Morgan fingerprint density at radius 1 is 1.17 bits per heavy atom. The zero-order valence-electron chi connectivity index (χ0n) is 13.4. The second-order valence-corrected chi connectivity index (χ2v) is 6.36. The lowest BCUT2D eigenvalue weighted by Crippen LogP contribution is -2.50. The van der Waals surface area contributed by atoms with Crippen molar-refractivity contribution in [2.24, 2.45) is 0 Å². The molecule has 0 bridgehead atoms. The normalized spacial score (nSPS) is 30.5. The van der Waals surface area contributed by atoms with Crippen molar-refractivity contribution in [3.05, 3.63) is 70.9 Å². The van der Waals surface area contributed by atoms with Crippen LogP contribution in [0.4, 0.5) is 5.69 Å². The number of anilines is 1. The lowest BCUT2D eigenvalue weighted by atomic mass is 9.79. The number of benzene rings is 2. The summed E-state index contributed by atoms with van der Waals surface area (Å²) < 4.78 is 5.74. The van der Waals surface area contributed by atoms with Gasteiger partial charge in [0.25, 0.3) is 0 Å². The van der Waals surface area contributed by atoms with Crippen molar-refractivity contribution >= 4 is 5.69 Å². The third-order valence-corrected chi connectivity index (χ3v) is 4.49. The number of para-hydroxylation sites is 1. The topological polar surface area (TPSA) is 102 Å². The molecule has 1 saturated heterocycles. The Balaban J connectivity index is 2.08. The van der Waals surface area contributed by atoms with Gasteiger partial charge in [0.05, 0.1) is 6.04 Å². The van der Waals surface area contributed by atoms with E-state index >= 15 is 0 Å². The second-order valence-electron chi connectivity index (χ2n) is 6.36. The number of hydroxylamine groups is 2. The molecule has 6 nitrogen and oxygen atoms in total. The third kappa shape index (κ3) is 3.28. The molecule has 1 aliphatic heterocycles. The molecular formula is C18H21N2O4-. The van der Waals surface area contributed by atoms with Crippen molar-refractivity contribution in [1.82, 2.24) is 5.23 Å². The average molecular weight is 329 g/mol. The predicted octanol–water partition coefficient (Wildman–Crippen LogP) is 2.78. The first-order valence-electron chi connectivity index (χ1n) is 7.84. The van der Waals surface area contributed by atoms with Gasteiger partial charge in [0.15, 0.2) is 5.79 Å². The highest BCUT2D eigenvalue weighted by Crippen LogP contribution is 2.46. The van der Waals surface area contributed by atoms with Crippen molar-refractivity contribution in [3.8, 4) is 0 Å². The Bertz CT molecular complexity index is 690. The number of aliphatic hydroxyl groups is 1. The van der Waals surface area contributed by atoms with E-state index in [4.69, 9.17) is 10.5 Å². The van der Waals surface area contributed by atoms with Crippen LogP contribution in [-0.2, 0) is 4.74 Å². The summed E-state index contributed by atoms with van der Waals surface area (Å²) in [7, 11) is 0. The summed E-state index contributed by atoms with van der Waals surface area (Å²) in [5.74, 6) is -1.86. The van der Waals surface area contributed by atoms with Crippen LogP contribution in [0, 0.1) is 5.21 Å². The number of nitrogen functional groups attached to an aromatic ring is 1. The molecule has 0 saturated carbocycles. The van der Waals surface area contributed by atoms with Crippen LogP contribution in [0.1, 0.15) is 36.5 Å². The molecule has 2 aromatic carbocycles. The number of hydrogen-bond acceptors (Lipinski definition) is 6. The smallest absolute Gasteiger partial charge is 0.164 e. The van der Waals surface area contributed by atoms with Crippen LogP contribution in [0.25, 0.3) is 0 Å². The van der Waals surface area contributed by atoms with Gasteiger partial charge in [0.1, 0.15) is 6.10 Å². The molecule has 0 radical (unpaired) electrons. The van der Waals surface area contributed by atoms with Crippen molar-refractivity contribution in [1.29, 1.82) is 0 Å². The summed E-state index contributed by atoms with van der Waals surface area (Å²) in [4.78, 5) is 0. The number of nitrogens with zero attached hydrogens (tertiary/aromatic N) is 1. The molecule has 4 atom stereocenters. The number of rotatable bonds is 3. The summed E-state index contributed by atoms with van der Waals surface area (Å²) in [6.45, 7) is 1.55. The van der Waals surface area contributed by atoms with E-state index in [-0.39, 0.29) is 11.6 Å². The maximum atomic E-state index is 12.0. The van der Waals surface area contributed by atoms with E-state index < -0.39 is 23.9 Å². The molecule has 24 heavy (non-hydrogen) atoms. The summed E-state index contributed by atoms with van der Waals surface area (Å²) in [6.07, 6.45) is -0.674. The standard InChI is InChI=1S/C18H21N2O4/c1-18(21)11-14(12-7-3-2-4-8-12)16(20(22)23)17(24-18)13-9-5-6-10-15(13)19/h2-10,14,16-17,21-22H,11,19H2,1H3/q-1/t14-,16-,17+,18+/m0/s1. The Morgan fingerprint density at radius 3 is 2.42 bits per heavy atom. The molecule has 2 aromatic rings. The van der Waals surface area contributed by atoms with Gasteiger partial charge in [-0.25, -0.2) is 0 Å². The fourth-order valence-corrected chi connectivity index (χ4v) is 3.43. The highest BCUT2D eigenvalue weighted by Gasteiger charge is 2.46. The molecule has 4 N–H and O–H groups in total. The van der Waals surface area contributed by atoms with Crippen LogP contribution in [-0.4, -0.2) is 27.4 Å². The van der Waals surface area contributed by atoms with Gasteiger partial charge in [-0.15, -0.1) is 0 Å². The molecule has 1 fully saturated rings. The Labute approximate surface area is 140 Å². The quantitative estimate of drug-likeness (QED) is 0.591. The Hall–Kier alpha value is -1.96. The SMILES string of the molecule is C[C@]1(O)C[C@@H](c2ccccc2)[C@H](N([O-])O)[C@@H](c2ccccc2N)O1. The molecule has 1 aliphatic rings.